The van der Waals surface area contributed by atoms with Crippen molar-refractivity contribution in [3.8, 4) is 5.75 Å². The van der Waals surface area contributed by atoms with E-state index in [1.54, 1.807) is 25.5 Å². The molecule has 0 aliphatic heterocycles. The van der Waals surface area contributed by atoms with Crippen LogP contribution < -0.4 is 4.74 Å². The van der Waals surface area contributed by atoms with Crippen molar-refractivity contribution in [2.24, 2.45) is 4.99 Å². The molecule has 2 rings (SSSR count). The summed E-state index contributed by atoms with van der Waals surface area (Å²) in [5.41, 5.74) is 2.00. The first-order chi connectivity index (χ1) is 9.69. The van der Waals surface area contributed by atoms with Gasteiger partial charge in [0.2, 0.25) is 0 Å². The first-order valence-corrected chi connectivity index (χ1v) is 6.06. The molecule has 0 radical (unpaired) electrons. The van der Waals surface area contributed by atoms with E-state index in [0.29, 0.717) is 6.54 Å². The second-order valence-corrected chi connectivity index (χ2v) is 4.17. The van der Waals surface area contributed by atoms with Crippen LogP contribution in [0.15, 0.2) is 53.5 Å². The van der Waals surface area contributed by atoms with E-state index in [1.807, 2.05) is 24.3 Å². The molecule has 0 N–H and O–H groups in total. The average molecular weight is 270 g/mol. The van der Waals surface area contributed by atoms with Crippen LogP contribution in [0.3, 0.4) is 0 Å². The number of methoxy groups -OCH3 is 1. The second-order valence-electron chi connectivity index (χ2n) is 4.17. The van der Waals surface area contributed by atoms with E-state index in [9.17, 15) is 10.1 Å². The molecular formula is C15H14N2O3. The Morgan fingerprint density at radius 3 is 2.35 bits per heavy atom. The molecule has 0 aliphatic rings. The Morgan fingerprint density at radius 1 is 1.15 bits per heavy atom. The van der Waals surface area contributed by atoms with Crippen molar-refractivity contribution in [2.75, 3.05) is 7.11 Å². The minimum absolute atomic E-state index is 0.0906. The molecule has 0 aromatic heterocycles. The molecule has 20 heavy (non-hydrogen) atoms. The van der Waals surface area contributed by atoms with E-state index >= 15 is 0 Å². The summed E-state index contributed by atoms with van der Waals surface area (Å²) in [5, 5.41) is 10.5. The number of benzene rings is 2. The van der Waals surface area contributed by atoms with Gasteiger partial charge in [-0.1, -0.05) is 12.1 Å². The van der Waals surface area contributed by atoms with E-state index in [-0.39, 0.29) is 5.69 Å². The molecule has 0 aliphatic carbocycles. The zero-order chi connectivity index (χ0) is 14.4. The molecule has 0 saturated carbocycles. The molecule has 102 valence electrons. The fraction of sp³-hybridized carbons (Fsp3) is 0.133. The molecule has 5 nitrogen and oxygen atoms in total. The topological polar surface area (TPSA) is 64.7 Å². The van der Waals surface area contributed by atoms with Crippen LogP contribution in [0.1, 0.15) is 11.1 Å². The maximum atomic E-state index is 10.5. The van der Waals surface area contributed by atoms with E-state index < -0.39 is 4.92 Å². The quantitative estimate of drug-likeness (QED) is 0.476. The Hall–Kier alpha value is -2.69. The monoisotopic (exact) mass is 270 g/mol. The van der Waals surface area contributed by atoms with Crippen molar-refractivity contribution in [1.29, 1.82) is 0 Å². The minimum atomic E-state index is -0.412. The number of nitrogens with zero attached hydrogens (tertiary/aromatic N) is 2. The third kappa shape index (κ3) is 3.65. The lowest BCUT2D eigenvalue weighted by Gasteiger charge is -1.99. The van der Waals surface area contributed by atoms with Crippen molar-refractivity contribution < 1.29 is 9.66 Å². The lowest BCUT2D eigenvalue weighted by Crippen LogP contribution is -1.89. The Balaban J connectivity index is 1.96. The van der Waals surface area contributed by atoms with Gasteiger partial charge in [0, 0.05) is 18.3 Å². The largest absolute Gasteiger partial charge is 0.497 e. The van der Waals surface area contributed by atoms with E-state index in [2.05, 4.69) is 4.99 Å². The lowest BCUT2D eigenvalue weighted by atomic mass is 10.2. The van der Waals surface area contributed by atoms with Crippen molar-refractivity contribution in [3.63, 3.8) is 0 Å². The van der Waals surface area contributed by atoms with Crippen LogP contribution in [0.5, 0.6) is 5.75 Å². The highest BCUT2D eigenvalue weighted by molar-refractivity contribution is 5.79. The van der Waals surface area contributed by atoms with Gasteiger partial charge in [-0.15, -0.1) is 0 Å². The van der Waals surface area contributed by atoms with E-state index in [1.165, 1.54) is 12.1 Å². The maximum absolute atomic E-state index is 10.5. The van der Waals surface area contributed by atoms with Crippen LogP contribution >= 0.6 is 0 Å². The highest BCUT2D eigenvalue weighted by Crippen LogP contribution is 2.13. The van der Waals surface area contributed by atoms with E-state index in [4.69, 9.17) is 4.74 Å². The SMILES string of the molecule is COc1ccc(C=NCc2ccc([N+](=O)[O-])cc2)cc1. The summed E-state index contributed by atoms with van der Waals surface area (Å²) in [7, 11) is 1.62. The van der Waals surface area contributed by atoms with Crippen LogP contribution in [0.25, 0.3) is 0 Å². The fourth-order valence-corrected chi connectivity index (χ4v) is 1.67. The summed E-state index contributed by atoms with van der Waals surface area (Å²) in [6, 6.07) is 14.0. The second kappa shape index (κ2) is 6.47. The Labute approximate surface area is 116 Å². The predicted molar refractivity (Wildman–Crippen MR) is 77.4 cm³/mol. The molecule has 0 spiro atoms. The third-order valence-electron chi connectivity index (χ3n) is 2.78. The van der Waals surface area contributed by atoms with Gasteiger partial charge >= 0.3 is 0 Å². The summed E-state index contributed by atoms with van der Waals surface area (Å²) >= 11 is 0. The average Bonchev–Trinajstić information content (AvgIpc) is 2.48. The molecule has 5 heteroatoms. The molecule has 0 amide bonds. The zero-order valence-corrected chi connectivity index (χ0v) is 11.0. The normalized spacial score (nSPS) is 10.7. The number of ether oxygens (including phenoxy) is 1. The standard InChI is InChI=1S/C15H14N2O3/c1-20-15-8-4-13(5-9-15)11-16-10-12-2-6-14(7-3-12)17(18)19/h2-9,11H,10H2,1H3. The molecule has 0 unspecified atom stereocenters. The van der Waals surface area contributed by atoms with Crippen molar-refractivity contribution in [2.45, 2.75) is 6.54 Å². The summed E-state index contributed by atoms with van der Waals surface area (Å²) < 4.78 is 5.07. The van der Waals surface area contributed by atoms with Gasteiger partial charge in [0.15, 0.2) is 0 Å². The summed E-state index contributed by atoms with van der Waals surface area (Å²) in [5.74, 6) is 0.803. The molecule has 0 saturated heterocycles. The summed E-state index contributed by atoms with van der Waals surface area (Å²) in [6.45, 7) is 0.490. The van der Waals surface area contributed by atoms with Gasteiger partial charge in [0.25, 0.3) is 5.69 Å². The van der Waals surface area contributed by atoms with Gasteiger partial charge in [-0.3, -0.25) is 15.1 Å². The summed E-state index contributed by atoms with van der Waals surface area (Å²) in [4.78, 5) is 14.4. The van der Waals surface area contributed by atoms with Gasteiger partial charge in [-0.25, -0.2) is 0 Å². The molecule has 2 aromatic carbocycles. The molecule has 0 heterocycles. The third-order valence-corrected chi connectivity index (χ3v) is 2.78. The highest BCUT2D eigenvalue weighted by Gasteiger charge is 2.02. The van der Waals surface area contributed by atoms with Gasteiger partial charge in [0.05, 0.1) is 18.6 Å². The Kier molecular flexibility index (Phi) is 4.44. The predicted octanol–water partition coefficient (Wildman–Crippen LogP) is 3.22. The molecule has 0 bridgehead atoms. The first-order valence-electron chi connectivity index (χ1n) is 6.06. The summed E-state index contributed by atoms with van der Waals surface area (Å²) in [6.07, 6.45) is 1.76. The first kappa shape index (κ1) is 13.7. The molecule has 0 fully saturated rings. The Morgan fingerprint density at radius 2 is 1.80 bits per heavy atom. The molecule has 2 aromatic rings. The van der Waals surface area contributed by atoms with Gasteiger partial charge < -0.3 is 4.74 Å². The number of nitro benzene ring substituents is 1. The Bertz CT molecular complexity index is 604. The van der Waals surface area contributed by atoms with Crippen LogP contribution in [0, 0.1) is 10.1 Å². The van der Waals surface area contributed by atoms with Crippen LogP contribution in [-0.2, 0) is 6.54 Å². The van der Waals surface area contributed by atoms with E-state index in [0.717, 1.165) is 16.9 Å². The van der Waals surface area contributed by atoms with Crippen LogP contribution in [-0.4, -0.2) is 18.2 Å². The molecular weight excluding hydrogens is 256 g/mol. The number of nitro groups is 1. The zero-order valence-electron chi connectivity index (χ0n) is 11.0. The minimum Gasteiger partial charge on any atom is -0.497 e. The van der Waals surface area contributed by atoms with Crippen LogP contribution in [0.2, 0.25) is 0 Å². The fourth-order valence-electron chi connectivity index (χ4n) is 1.67. The highest BCUT2D eigenvalue weighted by atomic mass is 16.6. The number of aliphatic imine (C=N–C) groups is 1. The van der Waals surface area contributed by atoms with Crippen molar-refractivity contribution in [1.82, 2.24) is 0 Å². The van der Waals surface area contributed by atoms with Gasteiger partial charge in [0.1, 0.15) is 5.75 Å². The van der Waals surface area contributed by atoms with Crippen LogP contribution in [0.4, 0.5) is 5.69 Å². The maximum Gasteiger partial charge on any atom is 0.269 e. The van der Waals surface area contributed by atoms with Gasteiger partial charge in [-0.05, 0) is 35.4 Å². The van der Waals surface area contributed by atoms with Crippen molar-refractivity contribution >= 4 is 11.9 Å². The lowest BCUT2D eigenvalue weighted by molar-refractivity contribution is -0.384. The number of hydrogen-bond acceptors (Lipinski definition) is 4. The number of rotatable bonds is 5. The van der Waals surface area contributed by atoms with Gasteiger partial charge in [-0.2, -0.15) is 0 Å². The van der Waals surface area contributed by atoms with Crippen molar-refractivity contribution in [3.05, 3.63) is 69.8 Å². The number of hydrogen-bond donors (Lipinski definition) is 0. The number of non-ortho nitro benzene ring substituents is 1. The smallest absolute Gasteiger partial charge is 0.269 e. The molecule has 0 atom stereocenters.